The minimum absolute atomic E-state index is 0.336. The number of anilines is 1. The van der Waals surface area contributed by atoms with E-state index in [0.717, 1.165) is 12.2 Å². The van der Waals surface area contributed by atoms with E-state index in [0.29, 0.717) is 16.8 Å². The molecule has 0 aliphatic heterocycles. The highest BCUT2D eigenvalue weighted by Gasteiger charge is 1.95. The van der Waals surface area contributed by atoms with E-state index in [-0.39, 0.29) is 0 Å². The molecular formula is C12H9NO4-2. The van der Waals surface area contributed by atoms with E-state index in [1.807, 2.05) is 0 Å². The molecule has 0 saturated heterocycles. The molecule has 0 atom stereocenters. The fourth-order valence-corrected chi connectivity index (χ4v) is 1.17. The van der Waals surface area contributed by atoms with Crippen LogP contribution in [0.1, 0.15) is 11.1 Å². The maximum Gasteiger partial charge on any atom is 0.0643 e. The van der Waals surface area contributed by atoms with Crippen molar-refractivity contribution in [3.05, 3.63) is 41.5 Å². The number of nitrogens with two attached hydrogens (primary N) is 1. The van der Waals surface area contributed by atoms with Crippen LogP contribution in [-0.4, -0.2) is 11.9 Å². The van der Waals surface area contributed by atoms with E-state index in [1.54, 1.807) is 12.1 Å². The monoisotopic (exact) mass is 231 g/mol. The van der Waals surface area contributed by atoms with Crippen molar-refractivity contribution in [2.75, 3.05) is 5.73 Å². The molecule has 88 valence electrons. The SMILES string of the molecule is Nc1cc(/C=C/C(=O)[O-])ccc1/C=C/C(=O)[O-]. The number of hydrogen-bond acceptors (Lipinski definition) is 5. The van der Waals surface area contributed by atoms with Crippen molar-refractivity contribution in [1.82, 2.24) is 0 Å². The fourth-order valence-electron chi connectivity index (χ4n) is 1.17. The standard InChI is InChI=1S/C12H11NO4/c13-10-7-8(2-5-11(14)15)1-3-9(10)4-6-12(16)17/h1-7H,13H2,(H,14,15)(H,16,17)/p-2/b5-2+,6-4+. The first kappa shape index (κ1) is 12.5. The van der Waals surface area contributed by atoms with Crippen molar-refractivity contribution in [2.24, 2.45) is 0 Å². The fraction of sp³-hybridized carbons (Fsp3) is 0. The minimum atomic E-state index is -1.31. The molecular weight excluding hydrogens is 222 g/mol. The number of hydrogen-bond donors (Lipinski definition) is 1. The second-order valence-electron chi connectivity index (χ2n) is 3.19. The van der Waals surface area contributed by atoms with E-state index in [2.05, 4.69) is 0 Å². The molecule has 5 nitrogen and oxygen atoms in total. The van der Waals surface area contributed by atoms with Gasteiger partial charge in [0.1, 0.15) is 0 Å². The number of rotatable bonds is 4. The molecule has 0 bridgehead atoms. The first-order valence-corrected chi connectivity index (χ1v) is 4.66. The Morgan fingerprint density at radius 1 is 1.06 bits per heavy atom. The van der Waals surface area contributed by atoms with Crippen LogP contribution in [0.2, 0.25) is 0 Å². The molecule has 0 amide bonds. The summed E-state index contributed by atoms with van der Waals surface area (Å²) in [6, 6.07) is 4.70. The lowest BCUT2D eigenvalue weighted by atomic mass is 10.1. The van der Waals surface area contributed by atoms with Gasteiger partial charge in [-0.15, -0.1) is 0 Å². The van der Waals surface area contributed by atoms with Crippen molar-refractivity contribution in [3.8, 4) is 0 Å². The van der Waals surface area contributed by atoms with Gasteiger partial charge in [-0.2, -0.15) is 0 Å². The summed E-state index contributed by atoms with van der Waals surface area (Å²) in [5, 5.41) is 20.4. The Bertz CT molecular complexity index is 503. The minimum Gasteiger partial charge on any atom is -0.545 e. The average Bonchev–Trinajstić information content (AvgIpc) is 2.24. The molecule has 0 fully saturated rings. The molecule has 5 heteroatoms. The Morgan fingerprint density at radius 2 is 1.65 bits per heavy atom. The van der Waals surface area contributed by atoms with Gasteiger partial charge in [0.05, 0.1) is 11.9 Å². The largest absolute Gasteiger partial charge is 0.545 e. The lowest BCUT2D eigenvalue weighted by Gasteiger charge is -2.02. The number of carboxylic acids is 2. The van der Waals surface area contributed by atoms with Crippen molar-refractivity contribution < 1.29 is 19.8 Å². The molecule has 0 aliphatic rings. The van der Waals surface area contributed by atoms with Gasteiger partial charge in [0.15, 0.2) is 0 Å². The van der Waals surface area contributed by atoms with E-state index < -0.39 is 11.9 Å². The normalized spacial score (nSPS) is 11.1. The summed E-state index contributed by atoms with van der Waals surface area (Å²) in [4.78, 5) is 20.4. The molecule has 1 aromatic rings. The van der Waals surface area contributed by atoms with Crippen LogP contribution in [-0.2, 0) is 9.59 Å². The third-order valence-corrected chi connectivity index (χ3v) is 1.92. The maximum atomic E-state index is 10.2. The molecule has 0 heterocycles. The van der Waals surface area contributed by atoms with Crippen LogP contribution in [0, 0.1) is 0 Å². The van der Waals surface area contributed by atoms with Crippen LogP contribution in [0.25, 0.3) is 12.2 Å². The van der Waals surface area contributed by atoms with Crippen LogP contribution in [0.15, 0.2) is 30.4 Å². The number of benzene rings is 1. The van der Waals surface area contributed by atoms with Gasteiger partial charge in [0.2, 0.25) is 0 Å². The molecule has 0 saturated carbocycles. The van der Waals surface area contributed by atoms with Crippen molar-refractivity contribution in [2.45, 2.75) is 0 Å². The van der Waals surface area contributed by atoms with Crippen LogP contribution >= 0.6 is 0 Å². The molecule has 1 rings (SSSR count). The number of nitrogen functional groups attached to an aromatic ring is 1. The van der Waals surface area contributed by atoms with E-state index in [9.17, 15) is 19.8 Å². The first-order valence-electron chi connectivity index (χ1n) is 4.66. The summed E-state index contributed by atoms with van der Waals surface area (Å²) in [5.74, 6) is -2.62. The quantitative estimate of drug-likeness (QED) is 0.517. The number of aliphatic carboxylic acids is 2. The third kappa shape index (κ3) is 4.21. The van der Waals surface area contributed by atoms with E-state index in [4.69, 9.17) is 5.73 Å². The Kier molecular flexibility index (Phi) is 4.05. The topological polar surface area (TPSA) is 106 Å². The highest BCUT2D eigenvalue weighted by Crippen LogP contribution is 2.16. The van der Waals surface area contributed by atoms with Gasteiger partial charge in [0, 0.05) is 5.69 Å². The zero-order chi connectivity index (χ0) is 12.8. The average molecular weight is 231 g/mol. The highest BCUT2D eigenvalue weighted by atomic mass is 16.4. The lowest BCUT2D eigenvalue weighted by molar-refractivity contribution is -0.298. The molecule has 0 spiro atoms. The molecule has 0 aromatic heterocycles. The van der Waals surface area contributed by atoms with Gasteiger partial charge in [-0.1, -0.05) is 24.3 Å². The highest BCUT2D eigenvalue weighted by molar-refractivity contribution is 5.86. The summed E-state index contributed by atoms with van der Waals surface area (Å²) < 4.78 is 0. The maximum absolute atomic E-state index is 10.2. The predicted octanol–water partition coefficient (Wildman–Crippen LogP) is -1.21. The smallest absolute Gasteiger partial charge is 0.0643 e. The molecule has 17 heavy (non-hydrogen) atoms. The molecule has 1 aromatic carbocycles. The van der Waals surface area contributed by atoms with Gasteiger partial charge < -0.3 is 25.5 Å². The van der Waals surface area contributed by atoms with E-state index >= 15 is 0 Å². The summed E-state index contributed by atoms with van der Waals surface area (Å²) >= 11 is 0. The zero-order valence-electron chi connectivity index (χ0n) is 8.75. The number of carboxylic acid groups (broad SMARTS) is 2. The summed E-state index contributed by atoms with van der Waals surface area (Å²) in [6.45, 7) is 0. The second-order valence-corrected chi connectivity index (χ2v) is 3.19. The van der Waals surface area contributed by atoms with Crippen LogP contribution in [0.3, 0.4) is 0 Å². The van der Waals surface area contributed by atoms with E-state index in [1.165, 1.54) is 18.2 Å². The summed E-state index contributed by atoms with van der Waals surface area (Å²) in [5.41, 5.74) is 7.08. The zero-order valence-corrected chi connectivity index (χ0v) is 8.75. The molecule has 0 unspecified atom stereocenters. The number of carbonyl (C=O) groups is 2. The molecule has 2 N–H and O–H groups in total. The Balaban J connectivity index is 2.94. The van der Waals surface area contributed by atoms with Crippen molar-refractivity contribution in [1.29, 1.82) is 0 Å². The predicted molar refractivity (Wildman–Crippen MR) is 58.9 cm³/mol. The Morgan fingerprint density at radius 3 is 2.18 bits per heavy atom. The summed E-state index contributed by atoms with van der Waals surface area (Å²) in [7, 11) is 0. The lowest BCUT2D eigenvalue weighted by Crippen LogP contribution is -2.18. The van der Waals surface area contributed by atoms with Crippen LogP contribution in [0.5, 0.6) is 0 Å². The number of carbonyl (C=O) groups excluding carboxylic acids is 2. The third-order valence-electron chi connectivity index (χ3n) is 1.92. The second kappa shape index (κ2) is 5.50. The van der Waals surface area contributed by atoms with Gasteiger partial charge in [-0.3, -0.25) is 0 Å². The van der Waals surface area contributed by atoms with Gasteiger partial charge in [-0.25, -0.2) is 0 Å². The van der Waals surface area contributed by atoms with Crippen molar-refractivity contribution in [3.63, 3.8) is 0 Å². The Labute approximate surface area is 97.5 Å². The molecule has 0 radical (unpaired) electrons. The van der Waals surface area contributed by atoms with Crippen molar-refractivity contribution >= 4 is 29.8 Å². The van der Waals surface area contributed by atoms with Gasteiger partial charge in [0.25, 0.3) is 0 Å². The molecule has 0 aliphatic carbocycles. The first-order chi connectivity index (χ1) is 7.99. The van der Waals surface area contributed by atoms with Gasteiger partial charge in [-0.05, 0) is 29.3 Å². The van der Waals surface area contributed by atoms with Crippen LogP contribution in [0.4, 0.5) is 5.69 Å². The van der Waals surface area contributed by atoms with Gasteiger partial charge >= 0.3 is 0 Å². The summed E-state index contributed by atoms with van der Waals surface area (Å²) in [6.07, 6.45) is 4.38. The Hall–Kier alpha value is -2.56. The van der Waals surface area contributed by atoms with Crippen LogP contribution < -0.4 is 15.9 Å².